The van der Waals surface area contributed by atoms with E-state index in [1.54, 1.807) is 36.4 Å². The third-order valence-electron chi connectivity index (χ3n) is 3.21. The second-order valence-electron chi connectivity index (χ2n) is 4.57. The van der Waals surface area contributed by atoms with Gasteiger partial charge in [0, 0.05) is 5.56 Å². The largest absolute Gasteiger partial charge is 0.346 e. The molecule has 0 spiro atoms. The highest BCUT2D eigenvalue weighted by atomic mass is 16.2. The van der Waals surface area contributed by atoms with Crippen LogP contribution in [0.4, 0.5) is 10.5 Å². The molecule has 0 bridgehead atoms. The van der Waals surface area contributed by atoms with Crippen molar-refractivity contribution in [2.45, 2.75) is 0 Å². The Bertz CT molecular complexity index is 771. The van der Waals surface area contributed by atoms with E-state index in [0.717, 1.165) is 0 Å². The Morgan fingerprint density at radius 1 is 0.727 bits per heavy atom. The molecule has 3 rings (SSSR count). The van der Waals surface area contributed by atoms with Gasteiger partial charge in [-0.25, -0.2) is 9.69 Å². The molecule has 2 aromatic carbocycles. The van der Waals surface area contributed by atoms with Crippen LogP contribution in [-0.4, -0.2) is 28.7 Å². The van der Waals surface area contributed by atoms with Gasteiger partial charge in [0.1, 0.15) is 0 Å². The highest BCUT2D eigenvalue weighted by Gasteiger charge is 2.48. The van der Waals surface area contributed by atoms with E-state index in [9.17, 15) is 19.2 Å². The summed E-state index contributed by atoms with van der Waals surface area (Å²) in [7, 11) is 0. The Kier molecular flexibility index (Phi) is 3.27. The van der Waals surface area contributed by atoms with Gasteiger partial charge in [0.25, 0.3) is 5.91 Å². The molecule has 108 valence electrons. The van der Waals surface area contributed by atoms with Crippen LogP contribution in [0.25, 0.3) is 0 Å². The van der Waals surface area contributed by atoms with Crippen molar-refractivity contribution in [3.05, 3.63) is 66.2 Å². The Hall–Kier alpha value is -3.28. The lowest BCUT2D eigenvalue weighted by molar-refractivity contribution is -0.138. The van der Waals surface area contributed by atoms with E-state index in [1.807, 2.05) is 0 Å². The van der Waals surface area contributed by atoms with Crippen molar-refractivity contribution >= 4 is 29.4 Å². The minimum absolute atomic E-state index is 0.159. The van der Waals surface area contributed by atoms with Crippen LogP contribution >= 0.6 is 0 Å². The van der Waals surface area contributed by atoms with Gasteiger partial charge in [0.05, 0.1) is 5.69 Å². The van der Waals surface area contributed by atoms with E-state index in [1.165, 1.54) is 24.3 Å². The lowest BCUT2D eigenvalue weighted by atomic mass is 10.2. The smallest absolute Gasteiger partial charge is 0.268 e. The molecule has 0 aromatic heterocycles. The van der Waals surface area contributed by atoms with Crippen molar-refractivity contribution in [1.82, 2.24) is 4.90 Å². The van der Waals surface area contributed by atoms with Gasteiger partial charge in [0.2, 0.25) is 0 Å². The number of urea groups is 1. The number of imide groups is 4. The average Bonchev–Trinajstić information content (AvgIpc) is 2.78. The maximum Gasteiger partial charge on any atom is 0.346 e. The van der Waals surface area contributed by atoms with Gasteiger partial charge >= 0.3 is 17.8 Å². The number of rotatable bonds is 2. The number of carbonyl (C=O) groups excluding carboxylic acids is 4. The van der Waals surface area contributed by atoms with E-state index in [2.05, 4.69) is 0 Å². The normalized spacial score (nSPS) is 14.6. The molecular formula is C16H10N2O4. The average molecular weight is 294 g/mol. The van der Waals surface area contributed by atoms with Crippen LogP contribution in [0.1, 0.15) is 10.4 Å². The van der Waals surface area contributed by atoms with Crippen LogP contribution in [-0.2, 0) is 9.59 Å². The molecule has 0 aliphatic carbocycles. The molecule has 6 heteroatoms. The molecule has 0 atom stereocenters. The van der Waals surface area contributed by atoms with E-state index in [-0.39, 0.29) is 11.3 Å². The molecule has 0 N–H and O–H groups in total. The van der Waals surface area contributed by atoms with Crippen LogP contribution < -0.4 is 4.90 Å². The molecule has 2 aromatic rings. The van der Waals surface area contributed by atoms with Crippen LogP contribution in [0.15, 0.2) is 60.7 Å². The maximum atomic E-state index is 12.3. The Balaban J connectivity index is 1.98. The van der Waals surface area contributed by atoms with Crippen molar-refractivity contribution in [2.24, 2.45) is 0 Å². The molecule has 1 heterocycles. The second kappa shape index (κ2) is 5.25. The summed E-state index contributed by atoms with van der Waals surface area (Å²) in [5.74, 6) is -3.01. The first kappa shape index (κ1) is 13.7. The summed E-state index contributed by atoms with van der Waals surface area (Å²) < 4.78 is 0. The fourth-order valence-corrected chi connectivity index (χ4v) is 2.16. The molecule has 0 saturated carbocycles. The summed E-state index contributed by atoms with van der Waals surface area (Å²) in [5, 5.41) is 0. The van der Waals surface area contributed by atoms with Crippen LogP contribution in [0.2, 0.25) is 0 Å². The summed E-state index contributed by atoms with van der Waals surface area (Å²) >= 11 is 0. The van der Waals surface area contributed by atoms with Gasteiger partial charge < -0.3 is 0 Å². The number of anilines is 1. The summed E-state index contributed by atoms with van der Waals surface area (Å²) in [5.41, 5.74) is 0.404. The summed E-state index contributed by atoms with van der Waals surface area (Å²) in [4.78, 5) is 49.7. The van der Waals surface area contributed by atoms with Gasteiger partial charge in [0.15, 0.2) is 0 Å². The van der Waals surface area contributed by atoms with Crippen molar-refractivity contribution < 1.29 is 19.2 Å². The number of hydrogen-bond donors (Lipinski definition) is 0. The zero-order valence-corrected chi connectivity index (χ0v) is 11.3. The van der Waals surface area contributed by atoms with Crippen molar-refractivity contribution in [1.29, 1.82) is 0 Å². The van der Waals surface area contributed by atoms with E-state index >= 15 is 0 Å². The molecule has 0 unspecified atom stereocenters. The predicted octanol–water partition coefficient (Wildman–Crippen LogP) is 1.82. The standard InChI is InChI=1S/C16H10N2O4/c19-13(11-7-3-1-4-8-11)18-15(21)14(20)17(16(18)22)12-9-5-2-6-10-12/h1-10H. The first-order chi connectivity index (χ1) is 10.6. The minimum Gasteiger partial charge on any atom is -0.268 e. The Morgan fingerprint density at radius 2 is 1.27 bits per heavy atom. The first-order valence-electron chi connectivity index (χ1n) is 6.48. The summed E-state index contributed by atoms with van der Waals surface area (Å²) in [6.45, 7) is 0. The maximum absolute atomic E-state index is 12.3. The zero-order valence-electron chi connectivity index (χ0n) is 11.3. The number of hydrogen-bond acceptors (Lipinski definition) is 4. The molecule has 1 saturated heterocycles. The van der Waals surface area contributed by atoms with Crippen LogP contribution in [0, 0.1) is 0 Å². The van der Waals surface area contributed by atoms with Gasteiger partial charge in [-0.05, 0) is 24.3 Å². The number of para-hydroxylation sites is 1. The Labute approximate surface area is 125 Å². The van der Waals surface area contributed by atoms with Gasteiger partial charge in [-0.2, -0.15) is 4.90 Å². The van der Waals surface area contributed by atoms with Gasteiger partial charge in [-0.15, -0.1) is 0 Å². The topological polar surface area (TPSA) is 74.8 Å². The fourth-order valence-electron chi connectivity index (χ4n) is 2.16. The summed E-state index contributed by atoms with van der Waals surface area (Å²) in [6, 6.07) is 14.9. The fraction of sp³-hybridized carbons (Fsp3) is 0. The Morgan fingerprint density at radius 3 is 1.86 bits per heavy atom. The number of carbonyl (C=O) groups is 4. The molecular weight excluding hydrogens is 284 g/mol. The monoisotopic (exact) mass is 294 g/mol. The highest BCUT2D eigenvalue weighted by molar-refractivity contribution is 6.56. The minimum atomic E-state index is -1.15. The van der Waals surface area contributed by atoms with Crippen LogP contribution in [0.3, 0.4) is 0 Å². The van der Waals surface area contributed by atoms with E-state index in [0.29, 0.717) is 9.80 Å². The van der Waals surface area contributed by atoms with Crippen molar-refractivity contribution in [3.8, 4) is 0 Å². The predicted molar refractivity (Wildman–Crippen MR) is 76.9 cm³/mol. The molecule has 22 heavy (non-hydrogen) atoms. The molecule has 1 aliphatic rings. The first-order valence-corrected chi connectivity index (χ1v) is 6.48. The summed E-state index contributed by atoms with van der Waals surface area (Å²) in [6.07, 6.45) is 0. The molecule has 5 amide bonds. The zero-order chi connectivity index (χ0) is 15.7. The van der Waals surface area contributed by atoms with Crippen molar-refractivity contribution in [3.63, 3.8) is 0 Å². The molecule has 6 nitrogen and oxygen atoms in total. The lowest BCUT2D eigenvalue weighted by Gasteiger charge is -2.14. The quantitative estimate of drug-likeness (QED) is 0.481. The second-order valence-corrected chi connectivity index (χ2v) is 4.57. The molecule has 1 aliphatic heterocycles. The van der Waals surface area contributed by atoms with E-state index in [4.69, 9.17) is 0 Å². The number of benzene rings is 2. The molecule has 1 fully saturated rings. The highest BCUT2D eigenvalue weighted by Crippen LogP contribution is 2.23. The van der Waals surface area contributed by atoms with Gasteiger partial charge in [-0.3, -0.25) is 14.4 Å². The van der Waals surface area contributed by atoms with Crippen molar-refractivity contribution in [2.75, 3.05) is 4.90 Å². The third kappa shape index (κ3) is 2.07. The number of nitrogens with zero attached hydrogens (tertiary/aromatic N) is 2. The van der Waals surface area contributed by atoms with E-state index < -0.39 is 23.8 Å². The van der Waals surface area contributed by atoms with Crippen LogP contribution in [0.5, 0.6) is 0 Å². The lowest BCUT2D eigenvalue weighted by Crippen LogP contribution is -2.38. The SMILES string of the molecule is O=C1C(=O)N(c2ccccc2)C(=O)N1C(=O)c1ccccc1. The molecule has 0 radical (unpaired) electrons. The number of amides is 5. The van der Waals surface area contributed by atoms with Gasteiger partial charge in [-0.1, -0.05) is 36.4 Å². The third-order valence-corrected chi connectivity index (χ3v) is 3.21.